The Morgan fingerprint density at radius 3 is 2.47 bits per heavy atom. The summed E-state index contributed by atoms with van der Waals surface area (Å²) in [5.74, 6) is -0.192. The highest BCUT2D eigenvalue weighted by molar-refractivity contribution is 5.16. The van der Waals surface area contributed by atoms with E-state index in [2.05, 4.69) is 10.00 Å². The van der Waals surface area contributed by atoms with Crippen molar-refractivity contribution in [2.75, 3.05) is 7.05 Å². The van der Waals surface area contributed by atoms with Crippen LogP contribution >= 0.6 is 0 Å². The number of rotatable bonds is 4. The molecule has 0 atom stereocenters. The third-order valence-electron chi connectivity index (χ3n) is 2.72. The highest BCUT2D eigenvalue weighted by atomic mass is 19.1. The molecule has 2 rings (SSSR count). The monoisotopic (exact) mass is 233 g/mol. The summed E-state index contributed by atoms with van der Waals surface area (Å²) in [4.78, 5) is 2.17. The Hall–Kier alpha value is -1.68. The summed E-state index contributed by atoms with van der Waals surface area (Å²) < 4.78 is 14.6. The van der Waals surface area contributed by atoms with Crippen LogP contribution < -0.4 is 0 Å². The summed E-state index contributed by atoms with van der Waals surface area (Å²) in [5, 5.41) is 4.13. The molecule has 0 saturated heterocycles. The summed E-state index contributed by atoms with van der Waals surface area (Å²) in [7, 11) is 3.97. The molecule has 0 bridgehead atoms. The Morgan fingerprint density at radius 2 is 1.88 bits per heavy atom. The van der Waals surface area contributed by atoms with E-state index in [9.17, 15) is 4.39 Å². The van der Waals surface area contributed by atoms with Crippen molar-refractivity contribution in [1.82, 2.24) is 14.7 Å². The number of halogens is 1. The average molecular weight is 233 g/mol. The fraction of sp³-hybridized carbons (Fsp3) is 0.308. The van der Waals surface area contributed by atoms with E-state index < -0.39 is 0 Å². The van der Waals surface area contributed by atoms with Crippen LogP contribution in [0.15, 0.2) is 36.5 Å². The Balaban J connectivity index is 1.95. The number of aryl methyl sites for hydroxylation is 1. The van der Waals surface area contributed by atoms with Gasteiger partial charge in [-0.2, -0.15) is 5.10 Å². The first-order valence-corrected chi connectivity index (χ1v) is 5.55. The Labute approximate surface area is 100 Å². The van der Waals surface area contributed by atoms with E-state index in [0.29, 0.717) is 0 Å². The highest BCUT2D eigenvalue weighted by Crippen LogP contribution is 2.08. The zero-order valence-electron chi connectivity index (χ0n) is 10.1. The summed E-state index contributed by atoms with van der Waals surface area (Å²) in [6, 6.07) is 8.62. The normalized spacial score (nSPS) is 11.1. The van der Waals surface area contributed by atoms with Crippen LogP contribution in [0.4, 0.5) is 4.39 Å². The molecule has 0 aliphatic carbocycles. The first-order chi connectivity index (χ1) is 8.15. The van der Waals surface area contributed by atoms with Crippen LogP contribution in [0.5, 0.6) is 0 Å². The van der Waals surface area contributed by atoms with E-state index >= 15 is 0 Å². The largest absolute Gasteiger partial charge is 0.296 e. The molecule has 3 nitrogen and oxygen atoms in total. The highest BCUT2D eigenvalue weighted by Gasteiger charge is 2.04. The molecule has 2 aromatic rings. The van der Waals surface area contributed by atoms with Gasteiger partial charge in [0.15, 0.2) is 0 Å². The van der Waals surface area contributed by atoms with Gasteiger partial charge in [0.05, 0.1) is 5.69 Å². The van der Waals surface area contributed by atoms with Crippen LogP contribution in [0.1, 0.15) is 11.3 Å². The fourth-order valence-corrected chi connectivity index (χ4v) is 1.79. The van der Waals surface area contributed by atoms with E-state index in [1.165, 1.54) is 12.1 Å². The van der Waals surface area contributed by atoms with Crippen LogP contribution in [0.25, 0.3) is 0 Å². The zero-order chi connectivity index (χ0) is 12.3. The van der Waals surface area contributed by atoms with Crippen molar-refractivity contribution < 1.29 is 4.39 Å². The third kappa shape index (κ3) is 3.14. The topological polar surface area (TPSA) is 21.1 Å². The maximum absolute atomic E-state index is 12.8. The minimum Gasteiger partial charge on any atom is -0.296 e. The van der Waals surface area contributed by atoms with Gasteiger partial charge in [0, 0.05) is 26.3 Å². The predicted molar refractivity (Wildman–Crippen MR) is 64.8 cm³/mol. The molecule has 4 heteroatoms. The van der Waals surface area contributed by atoms with Gasteiger partial charge in [0.25, 0.3) is 0 Å². The van der Waals surface area contributed by atoms with Crippen molar-refractivity contribution in [2.24, 2.45) is 7.05 Å². The van der Waals surface area contributed by atoms with E-state index in [-0.39, 0.29) is 5.82 Å². The van der Waals surface area contributed by atoms with Crippen molar-refractivity contribution in [3.8, 4) is 0 Å². The van der Waals surface area contributed by atoms with Crippen LogP contribution in [-0.4, -0.2) is 21.7 Å². The molecular formula is C13H16FN3. The van der Waals surface area contributed by atoms with Crippen molar-refractivity contribution in [3.05, 3.63) is 53.6 Å². The van der Waals surface area contributed by atoms with Gasteiger partial charge in [0.2, 0.25) is 0 Å². The van der Waals surface area contributed by atoms with Crippen LogP contribution in [0.3, 0.4) is 0 Å². The minimum atomic E-state index is -0.192. The Bertz CT molecular complexity index is 476. The fourth-order valence-electron chi connectivity index (χ4n) is 1.79. The molecule has 0 aliphatic rings. The number of hydrogen-bond acceptors (Lipinski definition) is 2. The van der Waals surface area contributed by atoms with Crippen LogP contribution in [-0.2, 0) is 20.1 Å². The molecule has 0 N–H and O–H groups in total. The van der Waals surface area contributed by atoms with E-state index in [0.717, 1.165) is 24.3 Å². The average Bonchev–Trinajstić information content (AvgIpc) is 2.68. The van der Waals surface area contributed by atoms with Crippen molar-refractivity contribution in [3.63, 3.8) is 0 Å². The lowest BCUT2D eigenvalue weighted by molar-refractivity contribution is 0.309. The molecule has 0 spiro atoms. The second kappa shape index (κ2) is 5.10. The van der Waals surface area contributed by atoms with E-state index in [4.69, 9.17) is 0 Å². The molecule has 1 heterocycles. The summed E-state index contributed by atoms with van der Waals surface area (Å²) in [6.45, 7) is 1.62. The summed E-state index contributed by atoms with van der Waals surface area (Å²) in [6.07, 6.45) is 1.79. The van der Waals surface area contributed by atoms with Gasteiger partial charge in [-0.25, -0.2) is 4.39 Å². The zero-order valence-corrected chi connectivity index (χ0v) is 10.1. The second-order valence-corrected chi connectivity index (χ2v) is 4.24. The predicted octanol–water partition coefficient (Wildman–Crippen LogP) is 2.19. The molecule has 0 amide bonds. The van der Waals surface area contributed by atoms with E-state index in [1.807, 2.05) is 37.0 Å². The molecule has 1 aromatic heterocycles. The maximum Gasteiger partial charge on any atom is 0.123 e. The van der Waals surface area contributed by atoms with Gasteiger partial charge in [-0.3, -0.25) is 9.58 Å². The molecule has 0 radical (unpaired) electrons. The number of nitrogens with zero attached hydrogens (tertiary/aromatic N) is 3. The number of hydrogen-bond donors (Lipinski definition) is 0. The standard InChI is InChI=1S/C13H16FN3/c1-16(10-13-7-8-15-17(13)2)9-11-3-5-12(14)6-4-11/h3-8H,9-10H2,1-2H3. The molecule has 1 aromatic carbocycles. The quantitative estimate of drug-likeness (QED) is 0.807. The van der Waals surface area contributed by atoms with Gasteiger partial charge in [-0.05, 0) is 30.8 Å². The molecule has 0 fully saturated rings. The lowest BCUT2D eigenvalue weighted by Crippen LogP contribution is -2.19. The van der Waals surface area contributed by atoms with Crippen molar-refractivity contribution in [1.29, 1.82) is 0 Å². The second-order valence-electron chi connectivity index (χ2n) is 4.24. The molecule has 0 aliphatic heterocycles. The Kier molecular flexibility index (Phi) is 3.54. The lowest BCUT2D eigenvalue weighted by Gasteiger charge is -2.16. The minimum absolute atomic E-state index is 0.192. The molecule has 17 heavy (non-hydrogen) atoms. The lowest BCUT2D eigenvalue weighted by atomic mass is 10.2. The van der Waals surface area contributed by atoms with Gasteiger partial charge in [-0.15, -0.1) is 0 Å². The first-order valence-electron chi connectivity index (χ1n) is 5.55. The molecule has 0 unspecified atom stereocenters. The summed E-state index contributed by atoms with van der Waals surface area (Å²) in [5.41, 5.74) is 2.27. The van der Waals surface area contributed by atoms with Crippen LogP contribution in [0.2, 0.25) is 0 Å². The number of benzene rings is 1. The van der Waals surface area contributed by atoms with E-state index in [1.54, 1.807) is 6.20 Å². The van der Waals surface area contributed by atoms with Gasteiger partial charge in [-0.1, -0.05) is 12.1 Å². The number of aromatic nitrogens is 2. The first kappa shape index (κ1) is 11.8. The van der Waals surface area contributed by atoms with Crippen molar-refractivity contribution in [2.45, 2.75) is 13.1 Å². The molecule has 0 saturated carbocycles. The van der Waals surface area contributed by atoms with Gasteiger partial charge < -0.3 is 0 Å². The van der Waals surface area contributed by atoms with Crippen molar-refractivity contribution >= 4 is 0 Å². The van der Waals surface area contributed by atoms with Crippen LogP contribution in [0, 0.1) is 5.82 Å². The molecule has 90 valence electrons. The summed E-state index contributed by atoms with van der Waals surface area (Å²) >= 11 is 0. The van der Waals surface area contributed by atoms with Gasteiger partial charge >= 0.3 is 0 Å². The third-order valence-corrected chi connectivity index (χ3v) is 2.72. The maximum atomic E-state index is 12.8. The smallest absolute Gasteiger partial charge is 0.123 e. The molecular weight excluding hydrogens is 217 g/mol. The SMILES string of the molecule is CN(Cc1ccc(F)cc1)Cc1ccnn1C. The Morgan fingerprint density at radius 1 is 1.18 bits per heavy atom. The van der Waals surface area contributed by atoms with Gasteiger partial charge in [0.1, 0.15) is 5.82 Å².